The van der Waals surface area contributed by atoms with Crippen molar-refractivity contribution in [1.29, 1.82) is 0 Å². The van der Waals surface area contributed by atoms with Crippen LogP contribution in [0.25, 0.3) is 43.6 Å². The first-order chi connectivity index (χ1) is 16.9. The Morgan fingerprint density at radius 3 is 2.22 bits per heavy atom. The van der Waals surface area contributed by atoms with Gasteiger partial charge in [-0.3, -0.25) is 0 Å². The average Bonchev–Trinajstić information content (AvgIpc) is 2.79. The molecule has 0 saturated heterocycles. The fourth-order valence-corrected chi connectivity index (χ4v) is 8.55. The van der Waals surface area contributed by atoms with Crippen LogP contribution in [0.4, 0.5) is 0 Å². The van der Waals surface area contributed by atoms with Crippen molar-refractivity contribution in [3.63, 3.8) is 0 Å². The van der Waals surface area contributed by atoms with E-state index in [0.29, 0.717) is 0 Å². The first-order valence-corrected chi connectivity index (χ1v) is 20.4. The van der Waals surface area contributed by atoms with E-state index in [2.05, 4.69) is 118 Å². The van der Waals surface area contributed by atoms with Crippen molar-refractivity contribution in [3.8, 4) is 22.8 Å². The molecule has 5 aromatic rings. The molecule has 0 fully saturated rings. The van der Waals surface area contributed by atoms with Gasteiger partial charge in [-0.05, 0) is 6.92 Å². The average molecular weight is 535 g/mol. The molecule has 36 heavy (non-hydrogen) atoms. The van der Waals surface area contributed by atoms with E-state index in [1.54, 1.807) is 0 Å². The second-order valence-corrected chi connectivity index (χ2v) is 23.4. The summed E-state index contributed by atoms with van der Waals surface area (Å²) in [5, 5.41) is 7.71. The van der Waals surface area contributed by atoms with Gasteiger partial charge in [-0.25, -0.2) is 0 Å². The number of ether oxygens (including phenoxy) is 1. The van der Waals surface area contributed by atoms with Crippen molar-refractivity contribution >= 4 is 50.0 Å². The van der Waals surface area contributed by atoms with Crippen LogP contribution in [0.15, 0.2) is 54.7 Å². The van der Waals surface area contributed by atoms with Crippen molar-refractivity contribution in [3.05, 3.63) is 71.4 Å². The van der Waals surface area contributed by atoms with Crippen LogP contribution in [-0.4, -0.2) is 13.3 Å². The minimum absolute atomic E-state index is 0.0704. The molecule has 0 amide bonds. The summed E-state index contributed by atoms with van der Waals surface area (Å²) in [5.74, 6) is 9.38. The molecule has 2 heterocycles. The molecule has 1 aliphatic heterocycles. The Kier molecular flexibility index (Phi) is 4.96. The van der Waals surface area contributed by atoms with E-state index in [1.165, 1.54) is 64.7 Å². The molecule has 1 aliphatic rings. The normalized spacial score (nSPS) is 13.4. The van der Waals surface area contributed by atoms with E-state index < -0.39 is 13.3 Å². The summed E-state index contributed by atoms with van der Waals surface area (Å²) in [4.78, 5) is 0. The third-order valence-electron chi connectivity index (χ3n) is 7.94. The third-order valence-corrected chi connectivity index (χ3v) is 12.2. The Balaban J connectivity index is 1.81. The number of hydrogen-bond acceptors (Lipinski definition) is 1. The Hall–Kier alpha value is -2.85. The van der Waals surface area contributed by atoms with E-state index in [-0.39, 0.29) is 5.41 Å². The zero-order chi connectivity index (χ0) is 25.7. The third kappa shape index (κ3) is 3.34. The summed E-state index contributed by atoms with van der Waals surface area (Å²) in [6, 6.07) is 18.6. The summed E-state index contributed by atoms with van der Waals surface area (Å²) >= 11 is -1.96. The van der Waals surface area contributed by atoms with Gasteiger partial charge in [-0.2, -0.15) is 0 Å². The van der Waals surface area contributed by atoms with E-state index in [9.17, 15) is 0 Å². The van der Waals surface area contributed by atoms with E-state index in [0.717, 1.165) is 11.5 Å². The predicted octanol–water partition coefficient (Wildman–Crippen LogP) is 8.20. The molecule has 0 saturated carbocycles. The molecule has 182 valence electrons. The Bertz CT molecular complexity index is 1750. The number of nitrogens with zero attached hydrogens (tertiary/aromatic N) is 1. The van der Waals surface area contributed by atoms with Gasteiger partial charge in [-0.15, -0.1) is 0 Å². The van der Waals surface area contributed by atoms with Crippen LogP contribution in [-0.2, 0) is 12.5 Å². The molecular formula is C33H36GeNO+. The fourth-order valence-electron chi connectivity index (χ4n) is 6.09. The maximum absolute atomic E-state index is 7.02. The molecule has 1 aromatic heterocycles. The van der Waals surface area contributed by atoms with Gasteiger partial charge in [0.1, 0.15) is 0 Å². The summed E-state index contributed by atoms with van der Waals surface area (Å²) in [5.41, 5.74) is 6.30. The number of aromatic nitrogens is 1. The number of fused-ring (bicyclic) bond motifs is 5. The van der Waals surface area contributed by atoms with Crippen LogP contribution in [0.2, 0.25) is 17.3 Å². The number of pyridine rings is 1. The van der Waals surface area contributed by atoms with Crippen LogP contribution in [0.3, 0.4) is 0 Å². The van der Waals surface area contributed by atoms with Gasteiger partial charge in [0, 0.05) is 0 Å². The second-order valence-electron chi connectivity index (χ2n) is 12.7. The molecule has 0 unspecified atom stereocenters. The molecule has 2 nitrogen and oxygen atoms in total. The van der Waals surface area contributed by atoms with Crippen molar-refractivity contribution in [2.45, 2.75) is 57.3 Å². The number of aryl methyl sites for hydroxylation is 3. The Labute approximate surface area is 217 Å². The van der Waals surface area contributed by atoms with Crippen molar-refractivity contribution in [1.82, 2.24) is 0 Å². The first kappa shape index (κ1) is 23.5. The molecule has 0 N–H and O–H groups in total. The Morgan fingerprint density at radius 2 is 1.53 bits per heavy atom. The van der Waals surface area contributed by atoms with Gasteiger partial charge >= 0.3 is 211 Å². The molecular weight excluding hydrogens is 499 g/mol. The molecule has 6 rings (SSSR count). The van der Waals surface area contributed by atoms with Crippen LogP contribution in [0.1, 0.15) is 37.5 Å². The van der Waals surface area contributed by atoms with Crippen LogP contribution in [0.5, 0.6) is 11.5 Å². The van der Waals surface area contributed by atoms with E-state index in [4.69, 9.17) is 4.74 Å². The molecule has 0 radical (unpaired) electrons. The number of benzene rings is 4. The summed E-state index contributed by atoms with van der Waals surface area (Å²) in [6.45, 7) is 11.4. The van der Waals surface area contributed by atoms with Gasteiger partial charge < -0.3 is 0 Å². The number of rotatable bonds is 1. The summed E-state index contributed by atoms with van der Waals surface area (Å²) in [7, 11) is 2.17. The van der Waals surface area contributed by atoms with Crippen LogP contribution >= 0.6 is 0 Å². The zero-order valence-electron chi connectivity index (χ0n) is 23.1. The SMILES string of the molecule is Cc1ccc2c(C(C)(C)C)c3c(c(C)c2c1)-c1c2c(cc4c[c]([Ge]([CH3])([CH3])[CH3])ccc4c2cc[n+]1C)O3. The Morgan fingerprint density at radius 1 is 0.806 bits per heavy atom. The van der Waals surface area contributed by atoms with Gasteiger partial charge in [0.2, 0.25) is 0 Å². The summed E-state index contributed by atoms with van der Waals surface area (Å²) < 4.78 is 10.8. The molecule has 3 heteroatoms. The molecule has 4 aromatic carbocycles. The first-order valence-electron chi connectivity index (χ1n) is 13.0. The van der Waals surface area contributed by atoms with Gasteiger partial charge in [0.25, 0.3) is 0 Å². The van der Waals surface area contributed by atoms with Crippen molar-refractivity contribution in [2.24, 2.45) is 7.05 Å². The standard InChI is InChI=1S/C33H36GeNO/c1-19-10-12-25-26(16-19)20(2)28-31-29-24(14-15-35(31)9)23-13-11-22(34(6,7)8)17-21(23)18-27(29)36-32(28)30(25)33(3,4)5/h10-18H,1-9H3/q+1. The molecule has 0 atom stereocenters. The van der Waals surface area contributed by atoms with Crippen molar-refractivity contribution in [2.75, 3.05) is 0 Å². The molecule has 0 spiro atoms. The second kappa shape index (κ2) is 7.58. The quantitative estimate of drug-likeness (QED) is 0.118. The van der Waals surface area contributed by atoms with Crippen LogP contribution < -0.4 is 13.7 Å². The predicted molar refractivity (Wildman–Crippen MR) is 157 cm³/mol. The van der Waals surface area contributed by atoms with E-state index >= 15 is 0 Å². The summed E-state index contributed by atoms with van der Waals surface area (Å²) in [6.07, 6.45) is 2.22. The molecule has 0 aliphatic carbocycles. The zero-order valence-corrected chi connectivity index (χ0v) is 25.1. The van der Waals surface area contributed by atoms with Crippen LogP contribution in [0, 0.1) is 13.8 Å². The maximum atomic E-state index is 7.02. The minimum atomic E-state index is -1.96. The molecule has 0 bridgehead atoms. The van der Waals surface area contributed by atoms with Crippen molar-refractivity contribution < 1.29 is 9.30 Å². The monoisotopic (exact) mass is 536 g/mol. The topological polar surface area (TPSA) is 13.1 Å². The fraction of sp³-hybridized carbons (Fsp3) is 0.303. The number of hydrogen-bond donors (Lipinski definition) is 0. The van der Waals surface area contributed by atoms with E-state index in [1.807, 2.05) is 0 Å². The van der Waals surface area contributed by atoms with Gasteiger partial charge in [-0.1, -0.05) is 0 Å². The van der Waals surface area contributed by atoms with Gasteiger partial charge in [0.15, 0.2) is 0 Å². The van der Waals surface area contributed by atoms with Gasteiger partial charge in [0.05, 0.1) is 0 Å².